The maximum absolute atomic E-state index is 9.57. The van der Waals surface area contributed by atoms with Crippen molar-refractivity contribution < 1.29 is 5.11 Å². The Balaban J connectivity index is 1.77. The zero-order valence-corrected chi connectivity index (χ0v) is 11.5. The van der Waals surface area contributed by atoms with Gasteiger partial charge < -0.3 is 15.4 Å². The van der Waals surface area contributed by atoms with Crippen molar-refractivity contribution in [1.82, 2.24) is 9.97 Å². The monoisotopic (exact) mass is 265 g/mol. The van der Waals surface area contributed by atoms with E-state index in [0.29, 0.717) is 0 Å². The highest BCUT2D eigenvalue weighted by atomic mass is 32.2. The van der Waals surface area contributed by atoms with E-state index in [9.17, 15) is 5.11 Å². The molecule has 4 nitrogen and oxygen atoms in total. The topological polar surface area (TPSA) is 60.9 Å². The highest BCUT2D eigenvalue weighted by Gasteiger charge is 2.11. The normalized spacial score (nSPS) is 11.9. The predicted molar refractivity (Wildman–Crippen MR) is 78.2 cm³/mol. The van der Waals surface area contributed by atoms with Crippen LogP contribution in [-0.4, -0.2) is 38.7 Å². The van der Waals surface area contributed by atoms with E-state index in [2.05, 4.69) is 15.3 Å². The number of para-hydroxylation sites is 2. The maximum atomic E-state index is 9.57. The number of anilines is 1. The van der Waals surface area contributed by atoms with Crippen LogP contribution in [0.4, 0.5) is 5.95 Å². The Morgan fingerprint density at radius 2 is 2.17 bits per heavy atom. The smallest absolute Gasteiger partial charge is 0.201 e. The van der Waals surface area contributed by atoms with Gasteiger partial charge in [-0.05, 0) is 26.0 Å². The van der Waals surface area contributed by atoms with Crippen LogP contribution in [0.3, 0.4) is 0 Å². The molecule has 3 N–H and O–H groups in total. The molecule has 2 rings (SSSR count). The Bertz CT molecular complexity index is 471. The Morgan fingerprint density at radius 3 is 2.89 bits per heavy atom. The lowest BCUT2D eigenvalue weighted by Gasteiger charge is -2.15. The average Bonchev–Trinajstić information content (AvgIpc) is 2.69. The number of imidazole rings is 1. The molecule has 1 heterocycles. The summed E-state index contributed by atoms with van der Waals surface area (Å²) >= 11 is 1.73. The number of H-pyrrole nitrogens is 1. The van der Waals surface area contributed by atoms with Crippen LogP contribution in [0.25, 0.3) is 11.0 Å². The fourth-order valence-corrected chi connectivity index (χ4v) is 2.49. The van der Waals surface area contributed by atoms with Crippen LogP contribution in [-0.2, 0) is 0 Å². The molecule has 0 aliphatic heterocycles. The van der Waals surface area contributed by atoms with Gasteiger partial charge in [-0.2, -0.15) is 11.8 Å². The molecule has 2 aromatic rings. The van der Waals surface area contributed by atoms with E-state index in [4.69, 9.17) is 0 Å². The largest absolute Gasteiger partial charge is 0.390 e. The van der Waals surface area contributed by atoms with E-state index < -0.39 is 5.60 Å². The van der Waals surface area contributed by atoms with Crippen LogP contribution in [0.5, 0.6) is 0 Å². The third kappa shape index (κ3) is 3.92. The molecule has 0 amide bonds. The molecule has 0 bridgehead atoms. The molecule has 98 valence electrons. The number of thioether (sulfide) groups is 1. The van der Waals surface area contributed by atoms with Crippen molar-refractivity contribution in [2.75, 3.05) is 23.4 Å². The molecule has 0 fully saturated rings. The number of benzene rings is 1. The first-order valence-electron chi connectivity index (χ1n) is 6.03. The van der Waals surface area contributed by atoms with Gasteiger partial charge in [0.25, 0.3) is 0 Å². The van der Waals surface area contributed by atoms with Gasteiger partial charge in [0.2, 0.25) is 5.95 Å². The second-order valence-corrected chi connectivity index (χ2v) is 6.00. The molecule has 1 aromatic heterocycles. The molecular weight excluding hydrogens is 246 g/mol. The van der Waals surface area contributed by atoms with Gasteiger partial charge in [-0.25, -0.2) is 4.98 Å². The lowest BCUT2D eigenvalue weighted by atomic mass is 10.2. The minimum Gasteiger partial charge on any atom is -0.390 e. The Kier molecular flexibility index (Phi) is 4.14. The van der Waals surface area contributed by atoms with E-state index in [1.807, 2.05) is 38.1 Å². The van der Waals surface area contributed by atoms with Crippen molar-refractivity contribution in [2.45, 2.75) is 19.4 Å². The van der Waals surface area contributed by atoms with Crippen LogP contribution in [0.1, 0.15) is 13.8 Å². The predicted octanol–water partition coefficient (Wildman–Crippen LogP) is 2.48. The second kappa shape index (κ2) is 5.63. The molecule has 0 aliphatic carbocycles. The molecule has 0 saturated carbocycles. The molecule has 0 unspecified atom stereocenters. The fourth-order valence-electron chi connectivity index (χ4n) is 1.60. The van der Waals surface area contributed by atoms with Crippen molar-refractivity contribution in [1.29, 1.82) is 0 Å². The van der Waals surface area contributed by atoms with Gasteiger partial charge in [-0.15, -0.1) is 0 Å². The first kappa shape index (κ1) is 13.2. The number of fused-ring (bicyclic) bond motifs is 1. The average molecular weight is 265 g/mol. The van der Waals surface area contributed by atoms with E-state index in [1.54, 1.807) is 11.8 Å². The lowest BCUT2D eigenvalue weighted by Crippen LogP contribution is -2.22. The molecular formula is C13H19N3OS. The summed E-state index contributed by atoms with van der Waals surface area (Å²) in [5.74, 6) is 2.50. The van der Waals surface area contributed by atoms with Crippen molar-refractivity contribution in [3.8, 4) is 0 Å². The molecule has 18 heavy (non-hydrogen) atoms. The molecule has 0 aliphatic rings. The third-order valence-electron chi connectivity index (χ3n) is 2.38. The highest BCUT2D eigenvalue weighted by molar-refractivity contribution is 7.99. The van der Waals surface area contributed by atoms with Crippen LogP contribution in [0.15, 0.2) is 24.3 Å². The van der Waals surface area contributed by atoms with E-state index in [0.717, 1.165) is 35.0 Å². The number of aromatic nitrogens is 2. The molecule has 1 aromatic carbocycles. The summed E-state index contributed by atoms with van der Waals surface area (Å²) in [6.45, 7) is 4.49. The van der Waals surface area contributed by atoms with Crippen molar-refractivity contribution in [3.63, 3.8) is 0 Å². The van der Waals surface area contributed by atoms with Crippen LogP contribution >= 0.6 is 11.8 Å². The Morgan fingerprint density at radius 1 is 1.39 bits per heavy atom. The number of hydrogen-bond donors (Lipinski definition) is 3. The van der Waals surface area contributed by atoms with Gasteiger partial charge in [0, 0.05) is 18.1 Å². The summed E-state index contributed by atoms with van der Waals surface area (Å²) in [6.07, 6.45) is 0. The summed E-state index contributed by atoms with van der Waals surface area (Å²) in [5, 5.41) is 12.8. The van der Waals surface area contributed by atoms with E-state index in [1.165, 1.54) is 0 Å². The third-order valence-corrected chi connectivity index (χ3v) is 3.79. The van der Waals surface area contributed by atoms with Crippen molar-refractivity contribution in [2.24, 2.45) is 0 Å². The Labute approximate surface area is 111 Å². The first-order valence-corrected chi connectivity index (χ1v) is 7.19. The standard InChI is InChI=1S/C13H19N3OS/c1-13(2,17)9-18-8-7-14-12-15-10-5-3-4-6-11(10)16-12/h3-6,17H,7-9H2,1-2H3,(H2,14,15,16). The van der Waals surface area contributed by atoms with Gasteiger partial charge in [-0.3, -0.25) is 0 Å². The summed E-state index contributed by atoms with van der Waals surface area (Å²) in [4.78, 5) is 7.66. The van der Waals surface area contributed by atoms with Gasteiger partial charge in [0.1, 0.15) is 0 Å². The van der Waals surface area contributed by atoms with Crippen LogP contribution < -0.4 is 5.32 Å². The number of rotatable bonds is 6. The summed E-state index contributed by atoms with van der Waals surface area (Å²) in [5.41, 5.74) is 1.43. The molecule has 0 radical (unpaired) electrons. The maximum Gasteiger partial charge on any atom is 0.201 e. The van der Waals surface area contributed by atoms with Gasteiger partial charge in [0.15, 0.2) is 0 Å². The molecule has 5 heteroatoms. The number of aromatic amines is 1. The van der Waals surface area contributed by atoms with Crippen LogP contribution in [0.2, 0.25) is 0 Å². The number of nitrogens with zero attached hydrogens (tertiary/aromatic N) is 1. The minimum absolute atomic E-state index is 0.593. The summed E-state index contributed by atoms with van der Waals surface area (Å²) in [7, 11) is 0. The van der Waals surface area contributed by atoms with E-state index in [-0.39, 0.29) is 0 Å². The fraction of sp³-hybridized carbons (Fsp3) is 0.462. The van der Waals surface area contributed by atoms with Crippen molar-refractivity contribution in [3.05, 3.63) is 24.3 Å². The molecule has 0 spiro atoms. The first-order chi connectivity index (χ1) is 8.54. The second-order valence-electron chi connectivity index (χ2n) is 4.89. The SMILES string of the molecule is CC(C)(O)CSCCNc1nc2ccccc2[nH]1. The van der Waals surface area contributed by atoms with Gasteiger partial charge >= 0.3 is 0 Å². The molecule has 0 saturated heterocycles. The van der Waals surface area contributed by atoms with Crippen LogP contribution in [0, 0.1) is 0 Å². The summed E-state index contributed by atoms with van der Waals surface area (Å²) < 4.78 is 0. The van der Waals surface area contributed by atoms with E-state index >= 15 is 0 Å². The zero-order valence-electron chi connectivity index (χ0n) is 10.7. The zero-order chi connectivity index (χ0) is 13.0. The number of aliphatic hydroxyl groups is 1. The molecule has 0 atom stereocenters. The summed E-state index contributed by atoms with van der Waals surface area (Å²) in [6, 6.07) is 7.96. The van der Waals surface area contributed by atoms with Gasteiger partial charge in [-0.1, -0.05) is 12.1 Å². The highest BCUT2D eigenvalue weighted by Crippen LogP contribution is 2.14. The number of nitrogens with one attached hydrogen (secondary N) is 2. The lowest BCUT2D eigenvalue weighted by molar-refractivity contribution is 0.107. The minimum atomic E-state index is -0.593. The quantitative estimate of drug-likeness (QED) is 0.702. The van der Waals surface area contributed by atoms with Gasteiger partial charge in [0.05, 0.1) is 16.6 Å². The number of hydrogen-bond acceptors (Lipinski definition) is 4. The van der Waals surface area contributed by atoms with Crippen molar-refractivity contribution >= 4 is 28.7 Å². The Hall–Kier alpha value is -1.20.